The maximum Gasteiger partial charge on any atom is 0.195 e. The molecule has 0 atom stereocenters. The van der Waals surface area contributed by atoms with Crippen LogP contribution in [0.3, 0.4) is 0 Å². The average Bonchev–Trinajstić information content (AvgIpc) is 2.27. The largest absolute Gasteiger partial charge is 0.204 e. The Balaban J connectivity index is 2.60. The van der Waals surface area contributed by atoms with E-state index < -0.39 is 17.5 Å². The molecule has 0 nitrogen and oxygen atoms in total. The van der Waals surface area contributed by atoms with Crippen LogP contribution in [0.4, 0.5) is 13.2 Å². The molecule has 2 aromatic rings. The van der Waals surface area contributed by atoms with Gasteiger partial charge in [-0.15, -0.1) is 0 Å². The third-order valence-electron chi connectivity index (χ3n) is 2.03. The van der Waals surface area contributed by atoms with Crippen LogP contribution in [0, 0.1) is 23.5 Å². The predicted octanol–water partition coefficient (Wildman–Crippen LogP) is 3.57. The third kappa shape index (κ3) is 1.73. The van der Waals surface area contributed by atoms with Crippen molar-refractivity contribution in [2.24, 2.45) is 0 Å². The molecule has 2 rings (SSSR count). The van der Waals surface area contributed by atoms with E-state index in [4.69, 9.17) is 0 Å². The second kappa shape index (κ2) is 3.77. The molecule has 75 valence electrons. The standard InChI is InChI=1S/C12H6F3/c13-10-7-6-9(11(14)12(10)15)8-4-2-1-3-5-8/h1-4,6-7H. The molecule has 0 unspecified atom stereocenters. The first-order valence-corrected chi connectivity index (χ1v) is 4.30. The molecule has 0 bridgehead atoms. The Bertz CT molecular complexity index is 478. The van der Waals surface area contributed by atoms with Crippen LogP contribution in [0.1, 0.15) is 0 Å². The molecule has 3 heteroatoms. The Kier molecular flexibility index (Phi) is 2.46. The zero-order valence-electron chi connectivity index (χ0n) is 7.60. The summed E-state index contributed by atoms with van der Waals surface area (Å²) in [6, 6.07) is 11.4. The summed E-state index contributed by atoms with van der Waals surface area (Å²) in [6.45, 7) is 0. The highest BCUT2D eigenvalue weighted by Crippen LogP contribution is 2.24. The van der Waals surface area contributed by atoms with E-state index in [0.717, 1.165) is 6.07 Å². The number of benzene rings is 2. The molecule has 0 aliphatic heterocycles. The fourth-order valence-electron chi connectivity index (χ4n) is 1.29. The van der Waals surface area contributed by atoms with Gasteiger partial charge in [-0.3, -0.25) is 0 Å². The molecule has 0 saturated carbocycles. The lowest BCUT2D eigenvalue weighted by Gasteiger charge is -2.03. The molecule has 0 amide bonds. The van der Waals surface area contributed by atoms with E-state index in [1.165, 1.54) is 6.07 Å². The molecule has 0 N–H and O–H groups in total. The monoisotopic (exact) mass is 207 g/mol. The molecule has 2 aromatic carbocycles. The maximum atomic E-state index is 13.3. The van der Waals surface area contributed by atoms with E-state index >= 15 is 0 Å². The van der Waals surface area contributed by atoms with Gasteiger partial charge in [-0.25, -0.2) is 13.2 Å². The van der Waals surface area contributed by atoms with Gasteiger partial charge >= 0.3 is 0 Å². The van der Waals surface area contributed by atoms with E-state index in [9.17, 15) is 13.2 Å². The van der Waals surface area contributed by atoms with Gasteiger partial charge in [0.1, 0.15) is 0 Å². The SMILES string of the molecule is Fc1ccc(-c2[c]cccc2)c(F)c1F. The molecule has 0 saturated heterocycles. The number of halogens is 3. The minimum Gasteiger partial charge on any atom is -0.204 e. The van der Waals surface area contributed by atoms with Crippen LogP contribution in [0.5, 0.6) is 0 Å². The lowest BCUT2D eigenvalue weighted by Crippen LogP contribution is -1.93. The van der Waals surface area contributed by atoms with Crippen molar-refractivity contribution in [3.63, 3.8) is 0 Å². The van der Waals surface area contributed by atoms with Crippen molar-refractivity contribution in [3.8, 4) is 11.1 Å². The van der Waals surface area contributed by atoms with Gasteiger partial charge < -0.3 is 0 Å². The average molecular weight is 207 g/mol. The summed E-state index contributed by atoms with van der Waals surface area (Å²) in [5.74, 6) is -3.82. The van der Waals surface area contributed by atoms with Gasteiger partial charge in [-0.2, -0.15) is 0 Å². The Morgan fingerprint density at radius 3 is 2.33 bits per heavy atom. The maximum absolute atomic E-state index is 13.3. The molecular formula is C12H6F3. The molecule has 0 heterocycles. The summed E-state index contributed by atoms with van der Waals surface area (Å²) >= 11 is 0. The highest BCUT2D eigenvalue weighted by Gasteiger charge is 2.13. The van der Waals surface area contributed by atoms with Crippen molar-refractivity contribution in [2.45, 2.75) is 0 Å². The van der Waals surface area contributed by atoms with Crippen LogP contribution in [-0.2, 0) is 0 Å². The molecule has 0 spiro atoms. The van der Waals surface area contributed by atoms with Gasteiger partial charge in [0, 0.05) is 5.56 Å². The normalized spacial score (nSPS) is 10.3. The Hall–Kier alpha value is -1.77. The van der Waals surface area contributed by atoms with Crippen LogP contribution in [0.15, 0.2) is 36.4 Å². The molecule has 0 aromatic heterocycles. The fraction of sp³-hybridized carbons (Fsp3) is 0. The second-order valence-electron chi connectivity index (χ2n) is 3.00. The number of hydrogen-bond acceptors (Lipinski definition) is 0. The van der Waals surface area contributed by atoms with E-state index in [1.807, 2.05) is 0 Å². The van der Waals surface area contributed by atoms with Gasteiger partial charge in [0.15, 0.2) is 17.5 Å². The summed E-state index contributed by atoms with van der Waals surface area (Å²) in [4.78, 5) is 0. The van der Waals surface area contributed by atoms with Crippen molar-refractivity contribution in [2.75, 3.05) is 0 Å². The van der Waals surface area contributed by atoms with Gasteiger partial charge in [0.2, 0.25) is 0 Å². The zero-order valence-corrected chi connectivity index (χ0v) is 7.60. The van der Waals surface area contributed by atoms with E-state index in [2.05, 4.69) is 6.07 Å². The van der Waals surface area contributed by atoms with Crippen LogP contribution in [-0.4, -0.2) is 0 Å². The van der Waals surface area contributed by atoms with Gasteiger partial charge in [0.05, 0.1) is 0 Å². The first-order chi connectivity index (χ1) is 7.20. The van der Waals surface area contributed by atoms with Crippen molar-refractivity contribution >= 4 is 0 Å². The molecule has 15 heavy (non-hydrogen) atoms. The van der Waals surface area contributed by atoms with Crippen molar-refractivity contribution in [3.05, 3.63) is 59.9 Å². The topological polar surface area (TPSA) is 0 Å². The molecule has 1 radical (unpaired) electrons. The minimum absolute atomic E-state index is 0.00880. The van der Waals surface area contributed by atoms with Crippen LogP contribution in [0.2, 0.25) is 0 Å². The number of hydrogen-bond donors (Lipinski definition) is 0. The summed E-state index contributed by atoms with van der Waals surface area (Å²) in [6.07, 6.45) is 0. The summed E-state index contributed by atoms with van der Waals surface area (Å²) in [7, 11) is 0. The highest BCUT2D eigenvalue weighted by atomic mass is 19.2. The Morgan fingerprint density at radius 2 is 1.67 bits per heavy atom. The van der Waals surface area contributed by atoms with Crippen LogP contribution < -0.4 is 0 Å². The summed E-state index contributed by atoms with van der Waals surface area (Å²) < 4.78 is 38.9. The first-order valence-electron chi connectivity index (χ1n) is 4.30. The molecule has 0 aliphatic rings. The fourth-order valence-corrected chi connectivity index (χ4v) is 1.29. The molecular weight excluding hydrogens is 201 g/mol. The minimum atomic E-state index is -1.45. The highest BCUT2D eigenvalue weighted by molar-refractivity contribution is 5.63. The smallest absolute Gasteiger partial charge is 0.195 e. The molecule has 0 aliphatic carbocycles. The van der Waals surface area contributed by atoms with Gasteiger partial charge in [-0.05, 0) is 23.8 Å². The van der Waals surface area contributed by atoms with Crippen LogP contribution in [0.25, 0.3) is 11.1 Å². The molecule has 0 fully saturated rings. The Labute approximate surface area is 85.0 Å². The second-order valence-corrected chi connectivity index (χ2v) is 3.00. The Morgan fingerprint density at radius 1 is 0.867 bits per heavy atom. The van der Waals surface area contributed by atoms with Crippen molar-refractivity contribution < 1.29 is 13.2 Å². The van der Waals surface area contributed by atoms with Crippen LogP contribution >= 0.6 is 0 Å². The zero-order chi connectivity index (χ0) is 10.8. The lowest BCUT2D eigenvalue weighted by atomic mass is 10.1. The van der Waals surface area contributed by atoms with Crippen molar-refractivity contribution in [1.82, 2.24) is 0 Å². The van der Waals surface area contributed by atoms with Gasteiger partial charge in [0.25, 0.3) is 0 Å². The summed E-state index contributed by atoms with van der Waals surface area (Å²) in [5.41, 5.74) is 0.406. The van der Waals surface area contributed by atoms with E-state index in [-0.39, 0.29) is 5.56 Å². The third-order valence-corrected chi connectivity index (χ3v) is 2.03. The summed E-state index contributed by atoms with van der Waals surface area (Å²) in [5, 5.41) is 0. The lowest BCUT2D eigenvalue weighted by molar-refractivity contribution is 0.449. The first kappa shape index (κ1) is 9.77. The quantitative estimate of drug-likeness (QED) is 0.627. The van der Waals surface area contributed by atoms with Crippen molar-refractivity contribution in [1.29, 1.82) is 0 Å². The van der Waals surface area contributed by atoms with Gasteiger partial charge in [-0.1, -0.05) is 24.3 Å². The predicted molar refractivity (Wildman–Crippen MR) is 50.6 cm³/mol. The van der Waals surface area contributed by atoms with E-state index in [1.54, 1.807) is 24.3 Å². The number of rotatable bonds is 1. The van der Waals surface area contributed by atoms with E-state index in [0.29, 0.717) is 5.56 Å².